The number of ketones is 2. The lowest BCUT2D eigenvalue weighted by Gasteiger charge is -1.86. The molecule has 0 aliphatic rings. The average Bonchev–Trinajstić information content (AvgIpc) is 2.19. The van der Waals surface area contributed by atoms with Crippen molar-refractivity contribution in [2.24, 2.45) is 0 Å². The molecule has 108 valence electrons. The van der Waals surface area contributed by atoms with E-state index >= 15 is 0 Å². The fourth-order valence-electron chi connectivity index (χ4n) is 0.485. The van der Waals surface area contributed by atoms with Crippen LogP contribution in [0.3, 0.4) is 0 Å². The van der Waals surface area contributed by atoms with Crippen molar-refractivity contribution >= 4 is 17.9 Å². The Bertz CT molecular complexity index is 205. The molecule has 4 nitrogen and oxygen atoms in total. The summed E-state index contributed by atoms with van der Waals surface area (Å²) in [6, 6.07) is 0. The highest BCUT2D eigenvalue weighted by atomic mass is 16.1. The second-order valence-electron chi connectivity index (χ2n) is 3.21. The van der Waals surface area contributed by atoms with Crippen molar-refractivity contribution < 1.29 is 14.4 Å². The Labute approximate surface area is 112 Å². The number of carbonyl (C=O) groups excluding carboxylic acids is 3. The number of aldehydes is 1. The number of rotatable bonds is 3. The van der Waals surface area contributed by atoms with Crippen molar-refractivity contribution in [3.63, 3.8) is 0 Å². The maximum atomic E-state index is 9.96. The van der Waals surface area contributed by atoms with E-state index in [0.717, 1.165) is 19.4 Å². The molecule has 0 aromatic rings. The molecule has 0 aliphatic heterocycles. The highest BCUT2D eigenvalue weighted by molar-refractivity contribution is 5.87. The number of hydrogen-bond acceptors (Lipinski definition) is 4. The summed E-state index contributed by atoms with van der Waals surface area (Å²) in [6.07, 6.45) is 4.00. The van der Waals surface area contributed by atoms with Gasteiger partial charge in [-0.1, -0.05) is 19.9 Å². The van der Waals surface area contributed by atoms with Crippen LogP contribution in [0.5, 0.6) is 0 Å². The van der Waals surface area contributed by atoms with Gasteiger partial charge in [-0.25, -0.2) is 0 Å². The summed E-state index contributed by atoms with van der Waals surface area (Å²) in [4.78, 5) is 28.2. The smallest absolute Gasteiger partial charge is 0.152 e. The Hall–Kier alpha value is -1.29. The summed E-state index contributed by atoms with van der Waals surface area (Å²) in [5.41, 5.74) is 0. The van der Waals surface area contributed by atoms with Crippen LogP contribution in [0.2, 0.25) is 0 Å². The Morgan fingerprint density at radius 3 is 1.28 bits per heavy atom. The van der Waals surface area contributed by atoms with E-state index in [2.05, 4.69) is 19.2 Å². The molecule has 0 amide bonds. The van der Waals surface area contributed by atoms with Crippen LogP contribution in [-0.4, -0.2) is 30.9 Å². The molecule has 0 aromatic carbocycles. The van der Waals surface area contributed by atoms with Crippen molar-refractivity contribution in [3.8, 4) is 0 Å². The third-order valence-corrected chi connectivity index (χ3v) is 0.901. The zero-order valence-corrected chi connectivity index (χ0v) is 12.9. The molecule has 0 rings (SSSR count). The molecule has 18 heavy (non-hydrogen) atoms. The van der Waals surface area contributed by atoms with Crippen molar-refractivity contribution in [1.29, 1.82) is 0 Å². The Kier molecular flexibility index (Phi) is 42.0. The number of hydrogen-bond donors (Lipinski definition) is 1. The summed E-state index contributed by atoms with van der Waals surface area (Å²) < 4.78 is 0. The SMILES string of the molecule is C/C=C\C(C)=O.CC(C)=O.CC=O.CCNCC. The zero-order valence-electron chi connectivity index (χ0n) is 12.9. The van der Waals surface area contributed by atoms with Gasteiger partial charge in [0.25, 0.3) is 0 Å². The van der Waals surface area contributed by atoms with Gasteiger partial charge < -0.3 is 14.9 Å². The molecule has 0 saturated carbocycles. The van der Waals surface area contributed by atoms with Crippen LogP contribution in [0.1, 0.15) is 48.5 Å². The van der Waals surface area contributed by atoms with Crippen LogP contribution in [0, 0.1) is 0 Å². The van der Waals surface area contributed by atoms with Gasteiger partial charge >= 0.3 is 0 Å². The van der Waals surface area contributed by atoms with Crippen LogP contribution in [0.25, 0.3) is 0 Å². The molecule has 0 heterocycles. The third-order valence-electron chi connectivity index (χ3n) is 0.901. The topological polar surface area (TPSA) is 63.2 Å². The van der Waals surface area contributed by atoms with E-state index < -0.39 is 0 Å². The average molecular weight is 259 g/mol. The maximum absolute atomic E-state index is 9.96. The van der Waals surface area contributed by atoms with Crippen LogP contribution >= 0.6 is 0 Å². The third kappa shape index (κ3) is 201. The van der Waals surface area contributed by atoms with E-state index in [1.54, 1.807) is 6.08 Å². The van der Waals surface area contributed by atoms with Crippen molar-refractivity contribution in [2.75, 3.05) is 13.1 Å². The van der Waals surface area contributed by atoms with Gasteiger partial charge in [-0.05, 0) is 53.8 Å². The first-order valence-electron chi connectivity index (χ1n) is 6.04. The standard InChI is InChI=1S/C5H8O.C4H11N.C3H6O.C2H4O/c1-3-4-5(2)6;1-3-5-4-2;1-3(2)4;1-2-3/h3-4H,1-2H3;5H,3-4H2,1-2H3;1-2H3;2H,1H3/b4-3-;;;. The van der Waals surface area contributed by atoms with Crippen molar-refractivity contribution in [3.05, 3.63) is 12.2 Å². The molecule has 0 unspecified atom stereocenters. The molecular formula is C14H29NO3. The zero-order chi connectivity index (χ0) is 15.4. The van der Waals surface area contributed by atoms with E-state index in [1.807, 2.05) is 6.92 Å². The Morgan fingerprint density at radius 2 is 1.28 bits per heavy atom. The van der Waals surface area contributed by atoms with Crippen LogP contribution in [0.4, 0.5) is 0 Å². The molecule has 0 atom stereocenters. The van der Waals surface area contributed by atoms with Crippen molar-refractivity contribution in [1.82, 2.24) is 5.32 Å². The molecule has 4 heteroatoms. The summed E-state index contributed by atoms with van der Waals surface area (Å²) in [6.45, 7) is 14.2. The van der Waals surface area contributed by atoms with Crippen LogP contribution in [0.15, 0.2) is 12.2 Å². The van der Waals surface area contributed by atoms with Gasteiger partial charge in [-0.15, -0.1) is 0 Å². The van der Waals surface area contributed by atoms with E-state index in [4.69, 9.17) is 4.79 Å². The fraction of sp³-hybridized carbons (Fsp3) is 0.643. The number of carbonyl (C=O) groups is 3. The van der Waals surface area contributed by atoms with Gasteiger partial charge in [0, 0.05) is 0 Å². The minimum Gasteiger partial charge on any atom is -0.317 e. The minimum absolute atomic E-state index is 0.109. The van der Waals surface area contributed by atoms with E-state index in [9.17, 15) is 9.59 Å². The maximum Gasteiger partial charge on any atom is 0.152 e. The normalized spacial score (nSPS) is 7.72. The minimum atomic E-state index is 0.109. The molecule has 0 aromatic heterocycles. The first-order chi connectivity index (χ1) is 8.33. The predicted molar refractivity (Wildman–Crippen MR) is 77.8 cm³/mol. The molecule has 0 radical (unpaired) electrons. The van der Waals surface area contributed by atoms with E-state index in [0.29, 0.717) is 0 Å². The highest BCUT2D eigenvalue weighted by Crippen LogP contribution is 1.69. The number of allylic oxidation sites excluding steroid dienone is 2. The molecule has 0 bridgehead atoms. The molecule has 0 saturated heterocycles. The lowest BCUT2D eigenvalue weighted by atomic mass is 10.4. The van der Waals surface area contributed by atoms with Gasteiger partial charge in [0.05, 0.1) is 0 Å². The van der Waals surface area contributed by atoms with Gasteiger partial charge in [0.1, 0.15) is 12.1 Å². The van der Waals surface area contributed by atoms with E-state index in [-0.39, 0.29) is 11.6 Å². The summed E-state index contributed by atoms with van der Waals surface area (Å²) in [7, 11) is 0. The van der Waals surface area contributed by atoms with Crippen LogP contribution < -0.4 is 5.32 Å². The second kappa shape index (κ2) is 29.6. The number of Topliss-reactive ketones (excluding diaryl/α,β-unsaturated/α-hetero) is 1. The van der Waals surface area contributed by atoms with E-state index in [1.165, 1.54) is 33.8 Å². The molecule has 0 aliphatic carbocycles. The molecule has 0 spiro atoms. The first-order valence-corrected chi connectivity index (χ1v) is 6.04. The molecule has 0 fully saturated rings. The predicted octanol–water partition coefficient (Wildman–Crippen LogP) is 2.57. The summed E-state index contributed by atoms with van der Waals surface area (Å²) in [5.74, 6) is 0.275. The molecular weight excluding hydrogens is 230 g/mol. The van der Waals surface area contributed by atoms with Gasteiger partial charge in [-0.2, -0.15) is 0 Å². The quantitative estimate of drug-likeness (QED) is 0.625. The Balaban J connectivity index is -0.0000000750. The first kappa shape index (κ1) is 25.5. The van der Waals surface area contributed by atoms with Gasteiger partial charge in [0.2, 0.25) is 0 Å². The second-order valence-corrected chi connectivity index (χ2v) is 3.21. The fourth-order valence-corrected chi connectivity index (χ4v) is 0.485. The number of nitrogens with one attached hydrogen (secondary N) is 1. The van der Waals surface area contributed by atoms with Crippen LogP contribution in [-0.2, 0) is 14.4 Å². The summed E-state index contributed by atoms with van der Waals surface area (Å²) in [5, 5.41) is 3.11. The van der Waals surface area contributed by atoms with Gasteiger partial charge in [-0.3, -0.25) is 4.79 Å². The highest BCUT2D eigenvalue weighted by Gasteiger charge is 1.73. The molecule has 1 N–H and O–H groups in total. The largest absolute Gasteiger partial charge is 0.317 e. The summed E-state index contributed by atoms with van der Waals surface area (Å²) >= 11 is 0. The Morgan fingerprint density at radius 1 is 1.00 bits per heavy atom. The monoisotopic (exact) mass is 259 g/mol. The lowest BCUT2D eigenvalue weighted by Crippen LogP contribution is -2.09. The lowest BCUT2D eigenvalue weighted by molar-refractivity contribution is -0.115. The van der Waals surface area contributed by atoms with Crippen molar-refractivity contribution in [2.45, 2.75) is 48.5 Å². The van der Waals surface area contributed by atoms with Gasteiger partial charge in [0.15, 0.2) is 5.78 Å².